The lowest BCUT2D eigenvalue weighted by molar-refractivity contribution is -0.169. The Hall–Kier alpha value is -2.26. The molecule has 7 nitrogen and oxygen atoms in total. The number of amides is 1. The van der Waals surface area contributed by atoms with Gasteiger partial charge < -0.3 is 19.9 Å². The molecule has 2 aliphatic carbocycles. The van der Waals surface area contributed by atoms with Crippen LogP contribution < -0.4 is 5.32 Å². The minimum absolute atomic E-state index is 0.0459. The van der Waals surface area contributed by atoms with Crippen molar-refractivity contribution < 1.29 is 42.1 Å². The Kier molecular flexibility index (Phi) is 6.85. The second-order valence-electron chi connectivity index (χ2n) is 8.16. The summed E-state index contributed by atoms with van der Waals surface area (Å²) in [6.07, 6.45) is -5.39. The molecular formula is C19H26F3NO6. The van der Waals surface area contributed by atoms with Crippen molar-refractivity contribution in [3.05, 3.63) is 11.6 Å². The fraction of sp³-hybridized carbons (Fsp3) is 0.737. The molecular weight excluding hydrogens is 395 g/mol. The van der Waals surface area contributed by atoms with Gasteiger partial charge in [0, 0.05) is 18.9 Å². The zero-order chi connectivity index (χ0) is 22.0. The van der Waals surface area contributed by atoms with Crippen LogP contribution in [0.15, 0.2) is 11.6 Å². The Morgan fingerprint density at radius 1 is 1.28 bits per heavy atom. The summed E-state index contributed by atoms with van der Waals surface area (Å²) in [5.74, 6) is -2.41. The average Bonchev–Trinajstić information content (AvgIpc) is 2.86. The Bertz CT molecular complexity index is 690. The molecule has 2 rings (SSSR count). The molecule has 4 atom stereocenters. The molecule has 0 saturated heterocycles. The molecule has 2 N–H and O–H groups in total. The highest BCUT2D eigenvalue weighted by atomic mass is 19.4. The van der Waals surface area contributed by atoms with Crippen LogP contribution in [0.4, 0.5) is 18.0 Å². The van der Waals surface area contributed by atoms with Crippen LogP contribution in [0.2, 0.25) is 0 Å². The Morgan fingerprint density at radius 3 is 2.48 bits per heavy atom. The predicted octanol–water partition coefficient (Wildman–Crippen LogP) is 3.64. The second-order valence-corrected chi connectivity index (χ2v) is 8.16. The molecule has 2 aliphatic rings. The molecule has 0 aliphatic heterocycles. The van der Waals surface area contributed by atoms with E-state index in [1.807, 2.05) is 0 Å². The van der Waals surface area contributed by atoms with Crippen LogP contribution >= 0.6 is 0 Å². The number of carbonyl (C=O) groups is 3. The van der Waals surface area contributed by atoms with Crippen molar-refractivity contribution in [1.82, 2.24) is 5.32 Å². The molecule has 0 bridgehead atoms. The van der Waals surface area contributed by atoms with Gasteiger partial charge in [0.05, 0.1) is 18.8 Å². The highest BCUT2D eigenvalue weighted by Crippen LogP contribution is 2.60. The van der Waals surface area contributed by atoms with E-state index in [1.54, 1.807) is 13.8 Å². The van der Waals surface area contributed by atoms with E-state index in [0.29, 0.717) is 6.42 Å². The fourth-order valence-corrected chi connectivity index (χ4v) is 4.19. The fourth-order valence-electron chi connectivity index (χ4n) is 4.19. The average molecular weight is 421 g/mol. The van der Waals surface area contributed by atoms with Crippen molar-refractivity contribution in [2.24, 2.45) is 23.2 Å². The molecule has 1 saturated carbocycles. The number of allylic oxidation sites excluding steroid dienone is 2. The van der Waals surface area contributed by atoms with Crippen LogP contribution in [0.3, 0.4) is 0 Å². The summed E-state index contributed by atoms with van der Waals surface area (Å²) in [4.78, 5) is 34.8. The number of carbonyl (C=O) groups excluding carboxylic acids is 2. The molecule has 1 unspecified atom stereocenters. The van der Waals surface area contributed by atoms with Crippen LogP contribution in [-0.2, 0) is 19.1 Å². The zero-order valence-corrected chi connectivity index (χ0v) is 16.5. The van der Waals surface area contributed by atoms with Crippen LogP contribution in [0, 0.1) is 23.2 Å². The third kappa shape index (κ3) is 6.11. The highest BCUT2D eigenvalue weighted by molar-refractivity contribution is 5.72. The van der Waals surface area contributed by atoms with E-state index < -0.39 is 48.3 Å². The van der Waals surface area contributed by atoms with Crippen molar-refractivity contribution in [1.29, 1.82) is 0 Å². The van der Waals surface area contributed by atoms with E-state index in [4.69, 9.17) is 9.47 Å². The lowest BCUT2D eigenvalue weighted by Crippen LogP contribution is -2.53. The number of ether oxygens (including phenoxy) is 2. The van der Waals surface area contributed by atoms with E-state index >= 15 is 0 Å². The van der Waals surface area contributed by atoms with Gasteiger partial charge in [-0.25, -0.2) is 4.79 Å². The molecule has 0 aromatic carbocycles. The van der Waals surface area contributed by atoms with E-state index in [9.17, 15) is 32.7 Å². The maximum atomic E-state index is 12.7. The smallest absolute Gasteiger partial charge is 0.410 e. The number of halogens is 3. The summed E-state index contributed by atoms with van der Waals surface area (Å²) in [6.45, 7) is 4.56. The molecule has 10 heteroatoms. The van der Waals surface area contributed by atoms with Crippen LogP contribution in [-0.4, -0.2) is 42.1 Å². The van der Waals surface area contributed by atoms with Gasteiger partial charge in [0.25, 0.3) is 0 Å². The first-order chi connectivity index (χ1) is 13.3. The third-order valence-corrected chi connectivity index (χ3v) is 5.37. The summed E-state index contributed by atoms with van der Waals surface area (Å²) < 4.78 is 47.8. The number of hydrogen-bond acceptors (Lipinski definition) is 5. The SMILES string of the molecule is CC(OC(=O)NC[C@]1(CC(=O)O)C[C@H]2CC(CC(F)(F)F)=C[C@H]21)OC(=O)C(C)C. The molecule has 0 aromatic rings. The van der Waals surface area contributed by atoms with Gasteiger partial charge in [-0.1, -0.05) is 25.5 Å². The zero-order valence-electron chi connectivity index (χ0n) is 16.5. The molecule has 0 radical (unpaired) electrons. The van der Waals surface area contributed by atoms with Crippen molar-refractivity contribution in [3.8, 4) is 0 Å². The minimum Gasteiger partial charge on any atom is -0.481 e. The van der Waals surface area contributed by atoms with Crippen molar-refractivity contribution in [2.45, 2.75) is 58.9 Å². The summed E-state index contributed by atoms with van der Waals surface area (Å²) in [5, 5.41) is 11.7. The lowest BCUT2D eigenvalue weighted by atomic mass is 9.53. The first-order valence-corrected chi connectivity index (χ1v) is 9.44. The third-order valence-electron chi connectivity index (χ3n) is 5.37. The summed E-state index contributed by atoms with van der Waals surface area (Å²) >= 11 is 0. The maximum absolute atomic E-state index is 12.7. The number of alkyl halides is 3. The van der Waals surface area contributed by atoms with Gasteiger partial charge in [0.2, 0.25) is 6.29 Å². The second kappa shape index (κ2) is 8.62. The van der Waals surface area contributed by atoms with E-state index in [1.165, 1.54) is 13.0 Å². The quantitative estimate of drug-likeness (QED) is 0.353. The Morgan fingerprint density at radius 2 is 1.93 bits per heavy atom. The normalized spacial score (nSPS) is 26.8. The highest BCUT2D eigenvalue weighted by Gasteiger charge is 2.56. The van der Waals surface area contributed by atoms with Gasteiger partial charge in [-0.3, -0.25) is 9.59 Å². The van der Waals surface area contributed by atoms with Gasteiger partial charge in [-0.2, -0.15) is 13.2 Å². The predicted molar refractivity (Wildman–Crippen MR) is 94.5 cm³/mol. The standard InChI is InChI=1S/C19H26F3NO6/c1-10(2)16(26)28-11(3)29-17(27)23-9-18(8-15(24)25)7-13-4-12(5-14(13)18)6-19(20,21)22/h5,10-11,13-14H,4,6-9H2,1-3H3,(H,23,27)(H,24,25)/t11?,13-,14-,18-/m1/s1. The summed E-state index contributed by atoms with van der Waals surface area (Å²) in [7, 11) is 0. The van der Waals surface area contributed by atoms with E-state index in [-0.39, 0.29) is 36.8 Å². The molecule has 29 heavy (non-hydrogen) atoms. The first kappa shape index (κ1) is 23.0. The van der Waals surface area contributed by atoms with Crippen molar-refractivity contribution in [2.75, 3.05) is 6.54 Å². The lowest BCUT2D eigenvalue weighted by Gasteiger charge is -2.51. The van der Waals surface area contributed by atoms with Crippen molar-refractivity contribution >= 4 is 18.0 Å². The molecule has 0 spiro atoms. The van der Waals surface area contributed by atoms with Crippen LogP contribution in [0.1, 0.15) is 46.5 Å². The van der Waals surface area contributed by atoms with E-state index in [0.717, 1.165) is 0 Å². The number of fused-ring (bicyclic) bond motifs is 1. The molecule has 164 valence electrons. The number of hydrogen-bond donors (Lipinski definition) is 2. The van der Waals surface area contributed by atoms with Crippen molar-refractivity contribution in [3.63, 3.8) is 0 Å². The Labute approximate surface area is 166 Å². The topological polar surface area (TPSA) is 102 Å². The van der Waals surface area contributed by atoms with Gasteiger partial charge in [-0.15, -0.1) is 0 Å². The largest absolute Gasteiger partial charge is 0.481 e. The van der Waals surface area contributed by atoms with Crippen LogP contribution in [0.25, 0.3) is 0 Å². The van der Waals surface area contributed by atoms with Gasteiger partial charge in [0.1, 0.15) is 0 Å². The molecule has 0 aromatic heterocycles. The van der Waals surface area contributed by atoms with Gasteiger partial charge >= 0.3 is 24.2 Å². The molecule has 0 heterocycles. The number of nitrogens with one attached hydrogen (secondary N) is 1. The number of aliphatic carboxylic acids is 1. The first-order valence-electron chi connectivity index (χ1n) is 9.44. The van der Waals surface area contributed by atoms with Gasteiger partial charge in [0.15, 0.2) is 0 Å². The monoisotopic (exact) mass is 421 g/mol. The Balaban J connectivity index is 1.96. The number of rotatable bonds is 8. The number of carboxylic acid groups (broad SMARTS) is 1. The maximum Gasteiger partial charge on any atom is 0.410 e. The summed E-state index contributed by atoms with van der Waals surface area (Å²) in [5.41, 5.74) is -0.600. The van der Waals surface area contributed by atoms with E-state index in [2.05, 4.69) is 5.32 Å². The van der Waals surface area contributed by atoms with Crippen LogP contribution in [0.5, 0.6) is 0 Å². The number of carboxylic acids is 1. The summed E-state index contributed by atoms with van der Waals surface area (Å²) in [6, 6.07) is 0. The minimum atomic E-state index is -4.31. The number of alkyl carbamates (subject to hydrolysis) is 1. The molecule has 1 fully saturated rings. The number of esters is 1. The van der Waals surface area contributed by atoms with Gasteiger partial charge in [-0.05, 0) is 24.7 Å². The molecule has 1 amide bonds.